The molecule has 6 heteroatoms. The van der Waals surface area contributed by atoms with Crippen molar-refractivity contribution < 1.29 is 17.9 Å². The smallest absolute Gasteiger partial charge is 0.406 e. The fourth-order valence-corrected chi connectivity index (χ4v) is 1.28. The molecule has 1 rings (SSSR count). The summed E-state index contributed by atoms with van der Waals surface area (Å²) < 4.78 is 39.4. The van der Waals surface area contributed by atoms with Gasteiger partial charge >= 0.3 is 6.36 Å². The van der Waals surface area contributed by atoms with Crippen molar-refractivity contribution in [3.8, 4) is 5.75 Å². The Kier molecular flexibility index (Phi) is 5.78. The molecule has 17 heavy (non-hydrogen) atoms. The van der Waals surface area contributed by atoms with E-state index in [1.165, 1.54) is 12.1 Å². The minimum atomic E-state index is -4.65. The van der Waals surface area contributed by atoms with E-state index in [1.54, 1.807) is 12.1 Å². The normalized spacial score (nSPS) is 13.1. The molecule has 1 atom stereocenters. The first kappa shape index (κ1) is 16.1. The van der Waals surface area contributed by atoms with Gasteiger partial charge in [-0.1, -0.05) is 26.0 Å². The van der Waals surface area contributed by atoms with E-state index in [4.69, 9.17) is 5.73 Å². The zero-order valence-corrected chi connectivity index (χ0v) is 10.3. The van der Waals surface area contributed by atoms with Gasteiger partial charge in [-0.3, -0.25) is 0 Å². The standard InChI is InChI=1S/C11H14F3NO.ClH/c1-7(2)10(15)8-3-5-9(6-4-8)16-11(12,13)14;/h3-7,10H,15H2,1-2H3;1H. The van der Waals surface area contributed by atoms with Gasteiger partial charge in [0.05, 0.1) is 0 Å². The quantitative estimate of drug-likeness (QED) is 0.909. The van der Waals surface area contributed by atoms with E-state index in [-0.39, 0.29) is 30.1 Å². The van der Waals surface area contributed by atoms with E-state index < -0.39 is 6.36 Å². The van der Waals surface area contributed by atoms with Crippen LogP contribution in [-0.2, 0) is 0 Å². The van der Waals surface area contributed by atoms with E-state index in [1.807, 2.05) is 13.8 Å². The maximum absolute atomic E-state index is 11.9. The van der Waals surface area contributed by atoms with Gasteiger partial charge in [0, 0.05) is 6.04 Å². The summed E-state index contributed by atoms with van der Waals surface area (Å²) in [7, 11) is 0. The summed E-state index contributed by atoms with van der Waals surface area (Å²) in [6.45, 7) is 3.90. The minimum absolute atomic E-state index is 0. The van der Waals surface area contributed by atoms with Gasteiger partial charge in [-0.05, 0) is 23.6 Å². The zero-order chi connectivity index (χ0) is 12.3. The number of ether oxygens (including phenoxy) is 1. The molecule has 0 heterocycles. The zero-order valence-electron chi connectivity index (χ0n) is 9.49. The fraction of sp³-hybridized carbons (Fsp3) is 0.455. The first-order valence-electron chi connectivity index (χ1n) is 4.91. The summed E-state index contributed by atoms with van der Waals surface area (Å²) >= 11 is 0. The summed E-state index contributed by atoms with van der Waals surface area (Å²) in [6, 6.07) is 5.45. The highest BCUT2D eigenvalue weighted by Crippen LogP contribution is 2.25. The lowest BCUT2D eigenvalue weighted by Gasteiger charge is -2.16. The van der Waals surface area contributed by atoms with Crippen LogP contribution in [0.1, 0.15) is 25.5 Å². The largest absolute Gasteiger partial charge is 0.573 e. The third kappa shape index (κ3) is 5.28. The van der Waals surface area contributed by atoms with E-state index in [0.29, 0.717) is 0 Å². The molecule has 0 aliphatic carbocycles. The third-order valence-electron chi connectivity index (χ3n) is 2.22. The number of alkyl halides is 3. The lowest BCUT2D eigenvalue weighted by Crippen LogP contribution is -2.18. The Morgan fingerprint density at radius 1 is 1.12 bits per heavy atom. The molecule has 0 aromatic heterocycles. The summed E-state index contributed by atoms with van der Waals surface area (Å²) in [6.07, 6.45) is -4.65. The van der Waals surface area contributed by atoms with E-state index in [0.717, 1.165) is 5.56 Å². The second kappa shape index (κ2) is 6.12. The van der Waals surface area contributed by atoms with Crippen molar-refractivity contribution in [2.24, 2.45) is 11.7 Å². The topological polar surface area (TPSA) is 35.2 Å². The minimum Gasteiger partial charge on any atom is -0.406 e. The van der Waals surface area contributed by atoms with Crippen LogP contribution in [0.5, 0.6) is 5.75 Å². The highest BCUT2D eigenvalue weighted by atomic mass is 35.5. The van der Waals surface area contributed by atoms with Gasteiger partial charge in [0.2, 0.25) is 0 Å². The number of nitrogens with two attached hydrogens (primary N) is 1. The van der Waals surface area contributed by atoms with E-state index in [2.05, 4.69) is 4.74 Å². The second-order valence-corrected chi connectivity index (χ2v) is 3.89. The molecule has 0 saturated heterocycles. The number of halogens is 4. The molecule has 0 aliphatic heterocycles. The van der Waals surface area contributed by atoms with Crippen LogP contribution < -0.4 is 10.5 Å². The molecule has 0 radical (unpaired) electrons. The molecule has 1 aromatic carbocycles. The van der Waals surface area contributed by atoms with Gasteiger partial charge in [-0.15, -0.1) is 25.6 Å². The van der Waals surface area contributed by atoms with Gasteiger partial charge in [0.15, 0.2) is 0 Å². The molecule has 1 unspecified atom stereocenters. The average Bonchev–Trinajstić information content (AvgIpc) is 2.15. The Hall–Kier alpha value is -0.940. The van der Waals surface area contributed by atoms with Gasteiger partial charge in [0.1, 0.15) is 5.75 Å². The average molecular weight is 270 g/mol. The van der Waals surface area contributed by atoms with Crippen LogP contribution in [0, 0.1) is 5.92 Å². The number of rotatable bonds is 3. The highest BCUT2D eigenvalue weighted by Gasteiger charge is 2.31. The van der Waals surface area contributed by atoms with Crippen LogP contribution in [0.3, 0.4) is 0 Å². The molecular weight excluding hydrogens is 255 g/mol. The lowest BCUT2D eigenvalue weighted by molar-refractivity contribution is -0.274. The Morgan fingerprint density at radius 3 is 1.94 bits per heavy atom. The maximum atomic E-state index is 11.9. The van der Waals surface area contributed by atoms with Crippen LogP contribution >= 0.6 is 12.4 Å². The third-order valence-corrected chi connectivity index (χ3v) is 2.22. The van der Waals surface area contributed by atoms with Gasteiger partial charge in [-0.25, -0.2) is 0 Å². The van der Waals surface area contributed by atoms with Crippen molar-refractivity contribution in [3.63, 3.8) is 0 Å². The molecule has 0 aliphatic rings. The predicted molar refractivity (Wildman–Crippen MR) is 62.1 cm³/mol. The van der Waals surface area contributed by atoms with Crippen LogP contribution in [-0.4, -0.2) is 6.36 Å². The fourth-order valence-electron chi connectivity index (χ4n) is 1.28. The summed E-state index contributed by atoms with van der Waals surface area (Å²) in [5.41, 5.74) is 6.65. The Labute approximate surface area is 104 Å². The van der Waals surface area contributed by atoms with Crippen LogP contribution in [0.4, 0.5) is 13.2 Å². The van der Waals surface area contributed by atoms with Crippen molar-refractivity contribution in [1.82, 2.24) is 0 Å². The molecular formula is C11H15ClF3NO. The van der Waals surface area contributed by atoms with Crippen molar-refractivity contribution >= 4 is 12.4 Å². The molecule has 1 aromatic rings. The SMILES string of the molecule is CC(C)C(N)c1ccc(OC(F)(F)F)cc1.Cl. The molecule has 98 valence electrons. The predicted octanol–water partition coefficient (Wildman–Crippen LogP) is 3.66. The number of benzene rings is 1. The number of hydrogen-bond donors (Lipinski definition) is 1. The van der Waals surface area contributed by atoms with E-state index in [9.17, 15) is 13.2 Å². The summed E-state index contributed by atoms with van der Waals surface area (Å²) in [4.78, 5) is 0. The molecule has 2 N–H and O–H groups in total. The van der Waals surface area contributed by atoms with Crippen molar-refractivity contribution in [3.05, 3.63) is 29.8 Å². The second-order valence-electron chi connectivity index (χ2n) is 3.89. The van der Waals surface area contributed by atoms with Gasteiger partial charge in [0.25, 0.3) is 0 Å². The molecule has 0 fully saturated rings. The molecule has 0 saturated carbocycles. The summed E-state index contributed by atoms with van der Waals surface area (Å²) in [5, 5.41) is 0. The van der Waals surface area contributed by atoms with Crippen molar-refractivity contribution in [1.29, 1.82) is 0 Å². The molecule has 0 spiro atoms. The van der Waals surface area contributed by atoms with Crippen molar-refractivity contribution in [2.75, 3.05) is 0 Å². The Balaban J connectivity index is 0.00000256. The molecule has 0 bridgehead atoms. The van der Waals surface area contributed by atoms with Crippen LogP contribution in [0.2, 0.25) is 0 Å². The van der Waals surface area contributed by atoms with Crippen LogP contribution in [0.25, 0.3) is 0 Å². The Morgan fingerprint density at radius 2 is 1.59 bits per heavy atom. The Bertz CT molecular complexity index is 338. The number of hydrogen-bond acceptors (Lipinski definition) is 2. The van der Waals surface area contributed by atoms with Gasteiger partial charge < -0.3 is 10.5 Å². The molecule has 2 nitrogen and oxygen atoms in total. The maximum Gasteiger partial charge on any atom is 0.573 e. The summed E-state index contributed by atoms with van der Waals surface area (Å²) in [5.74, 6) is 0.00147. The van der Waals surface area contributed by atoms with Crippen molar-refractivity contribution in [2.45, 2.75) is 26.3 Å². The van der Waals surface area contributed by atoms with E-state index >= 15 is 0 Å². The highest BCUT2D eigenvalue weighted by molar-refractivity contribution is 5.85. The van der Waals surface area contributed by atoms with Gasteiger partial charge in [-0.2, -0.15) is 0 Å². The molecule has 0 amide bonds. The first-order chi connectivity index (χ1) is 7.29. The first-order valence-corrected chi connectivity index (χ1v) is 4.91. The van der Waals surface area contributed by atoms with Crippen LogP contribution in [0.15, 0.2) is 24.3 Å². The monoisotopic (exact) mass is 269 g/mol. The lowest BCUT2D eigenvalue weighted by atomic mass is 9.97.